The number of hydrogen-bond donors (Lipinski definition) is 1. The molecule has 1 N–H and O–H groups in total. The molecule has 0 atom stereocenters. The van der Waals surface area contributed by atoms with E-state index in [1.165, 1.54) is 0 Å². The third-order valence-corrected chi connectivity index (χ3v) is 2.24. The number of rotatable bonds is 2. The first-order valence-corrected chi connectivity index (χ1v) is 4.55. The molecule has 1 aromatic heterocycles. The summed E-state index contributed by atoms with van der Waals surface area (Å²) in [6, 6.07) is 9.71. The molecular weight excluding hydrogens is 190 g/mol. The van der Waals surface area contributed by atoms with Crippen molar-refractivity contribution in [3.05, 3.63) is 49.0 Å². The molecule has 0 spiro atoms. The second-order valence-electron chi connectivity index (χ2n) is 3.15. The molecule has 3 heteroatoms. The van der Waals surface area contributed by atoms with Crippen molar-refractivity contribution < 1.29 is 14.5 Å². The molecule has 0 bridgehead atoms. The van der Waals surface area contributed by atoms with Gasteiger partial charge in [-0.25, -0.2) is 0 Å². The van der Waals surface area contributed by atoms with Crippen molar-refractivity contribution in [2.24, 2.45) is 0 Å². The minimum absolute atomic E-state index is 0.209. The fraction of sp³-hybridized carbons (Fsp3) is 0. The van der Waals surface area contributed by atoms with Crippen LogP contribution >= 0.6 is 0 Å². The van der Waals surface area contributed by atoms with E-state index in [0.29, 0.717) is 6.29 Å². The summed E-state index contributed by atoms with van der Waals surface area (Å²) in [6.07, 6.45) is 4.93. The number of pyridine rings is 1. The quantitative estimate of drug-likeness (QED) is 0.347. The fourth-order valence-electron chi connectivity index (χ4n) is 1.45. The Morgan fingerprint density at radius 1 is 1.20 bits per heavy atom. The van der Waals surface area contributed by atoms with Gasteiger partial charge in [0.15, 0.2) is 18.7 Å². The molecule has 74 valence electrons. The number of aromatic nitrogens is 1. The van der Waals surface area contributed by atoms with Crippen molar-refractivity contribution in [3.8, 4) is 0 Å². The van der Waals surface area contributed by atoms with Gasteiger partial charge in [-0.2, -0.15) is 4.57 Å². The van der Waals surface area contributed by atoms with Crippen LogP contribution in [0.1, 0.15) is 0 Å². The standard InChI is InChI=1S/C12H9NO2/c14-8-12(9-15)13-6-5-10-3-1-2-4-11(10)7-13/h1-9H/p+1. The van der Waals surface area contributed by atoms with Crippen LogP contribution in [-0.4, -0.2) is 11.4 Å². The molecule has 1 heterocycles. The molecule has 3 nitrogen and oxygen atoms in total. The number of allylic oxidation sites excluding steroid dienone is 1. The minimum Gasteiger partial charge on any atom is -0.509 e. The lowest BCUT2D eigenvalue weighted by Crippen LogP contribution is -2.32. The topological polar surface area (TPSA) is 41.2 Å². The molecule has 0 aliphatic heterocycles. The molecular formula is C12H10NO2+. The highest BCUT2D eigenvalue weighted by molar-refractivity contribution is 5.93. The van der Waals surface area contributed by atoms with Crippen molar-refractivity contribution in [2.75, 3.05) is 0 Å². The normalized spacial score (nSPS) is 11.6. The van der Waals surface area contributed by atoms with Crippen LogP contribution in [0.5, 0.6) is 0 Å². The van der Waals surface area contributed by atoms with Gasteiger partial charge in [0.05, 0.1) is 0 Å². The third kappa shape index (κ3) is 1.72. The fourth-order valence-corrected chi connectivity index (χ4v) is 1.45. The maximum absolute atomic E-state index is 10.6. The van der Waals surface area contributed by atoms with Crippen molar-refractivity contribution in [3.63, 3.8) is 0 Å². The van der Waals surface area contributed by atoms with Crippen LogP contribution in [0.25, 0.3) is 16.5 Å². The van der Waals surface area contributed by atoms with Crippen LogP contribution in [0.2, 0.25) is 0 Å². The zero-order valence-corrected chi connectivity index (χ0v) is 8.00. The first-order chi connectivity index (χ1) is 7.35. The molecule has 15 heavy (non-hydrogen) atoms. The van der Waals surface area contributed by atoms with Gasteiger partial charge in [-0.1, -0.05) is 18.2 Å². The first kappa shape index (κ1) is 9.40. The van der Waals surface area contributed by atoms with Gasteiger partial charge in [0.2, 0.25) is 6.29 Å². The Balaban J connectivity index is 2.61. The van der Waals surface area contributed by atoms with Gasteiger partial charge < -0.3 is 5.11 Å². The lowest BCUT2D eigenvalue weighted by molar-refractivity contribution is -0.575. The Morgan fingerprint density at radius 2 is 1.93 bits per heavy atom. The Labute approximate surface area is 86.9 Å². The molecule has 1 aromatic carbocycles. The zero-order chi connectivity index (χ0) is 10.7. The van der Waals surface area contributed by atoms with E-state index < -0.39 is 0 Å². The Morgan fingerprint density at radius 3 is 2.60 bits per heavy atom. The summed E-state index contributed by atoms with van der Waals surface area (Å²) < 4.78 is 1.58. The molecule has 2 rings (SSSR count). The molecule has 0 saturated heterocycles. The van der Waals surface area contributed by atoms with Crippen molar-refractivity contribution >= 4 is 22.8 Å². The number of aliphatic hydroxyl groups excluding tert-OH is 1. The maximum Gasteiger partial charge on any atom is 0.285 e. The summed E-state index contributed by atoms with van der Waals surface area (Å²) in [7, 11) is 0. The number of aldehydes is 1. The van der Waals surface area contributed by atoms with Crippen LogP contribution in [0.15, 0.2) is 49.0 Å². The predicted octanol–water partition coefficient (Wildman–Crippen LogP) is 1.68. The highest BCUT2D eigenvalue weighted by atomic mass is 16.2. The second kappa shape index (κ2) is 3.92. The molecule has 0 unspecified atom stereocenters. The summed E-state index contributed by atoms with van der Waals surface area (Å²) in [6.45, 7) is 0. The van der Waals surface area contributed by atoms with Crippen LogP contribution in [-0.2, 0) is 4.79 Å². The van der Waals surface area contributed by atoms with Crippen molar-refractivity contribution in [1.82, 2.24) is 0 Å². The highest BCUT2D eigenvalue weighted by Gasteiger charge is 2.09. The van der Waals surface area contributed by atoms with E-state index in [4.69, 9.17) is 5.11 Å². The average molecular weight is 200 g/mol. The Bertz CT molecular complexity index is 532. The number of benzene rings is 1. The Kier molecular flexibility index (Phi) is 2.46. The van der Waals surface area contributed by atoms with E-state index in [0.717, 1.165) is 17.0 Å². The van der Waals surface area contributed by atoms with Crippen LogP contribution in [0.3, 0.4) is 0 Å². The van der Waals surface area contributed by atoms with Gasteiger partial charge in [0.25, 0.3) is 5.70 Å². The van der Waals surface area contributed by atoms with E-state index in [1.54, 1.807) is 17.0 Å². The lowest BCUT2D eigenvalue weighted by atomic mass is 10.2. The number of fused-ring (bicyclic) bond motifs is 1. The smallest absolute Gasteiger partial charge is 0.285 e. The summed E-state index contributed by atoms with van der Waals surface area (Å²) in [5.74, 6) is 0. The summed E-state index contributed by atoms with van der Waals surface area (Å²) in [4.78, 5) is 10.6. The van der Waals surface area contributed by atoms with Gasteiger partial charge in [0.1, 0.15) is 0 Å². The summed E-state index contributed by atoms with van der Waals surface area (Å²) in [5, 5.41) is 10.9. The average Bonchev–Trinajstić information content (AvgIpc) is 2.30. The van der Waals surface area contributed by atoms with Gasteiger partial charge in [0, 0.05) is 11.5 Å². The SMILES string of the molecule is O=C/C(=C\O)[n+]1ccc2ccccc2c1. The van der Waals surface area contributed by atoms with Crippen LogP contribution in [0.4, 0.5) is 0 Å². The number of hydrogen-bond acceptors (Lipinski definition) is 2. The monoisotopic (exact) mass is 200 g/mol. The van der Waals surface area contributed by atoms with Gasteiger partial charge in [-0.15, -0.1) is 0 Å². The molecule has 0 fully saturated rings. The number of aliphatic hydroxyl groups is 1. The molecule has 0 aliphatic rings. The maximum atomic E-state index is 10.6. The second-order valence-corrected chi connectivity index (χ2v) is 3.15. The predicted molar refractivity (Wildman–Crippen MR) is 57.1 cm³/mol. The van der Waals surface area contributed by atoms with Crippen LogP contribution in [0, 0.1) is 0 Å². The molecule has 0 saturated carbocycles. The molecule has 2 aromatic rings. The van der Waals surface area contributed by atoms with Gasteiger partial charge >= 0.3 is 0 Å². The number of carbonyl (C=O) groups excluding carboxylic acids is 1. The van der Waals surface area contributed by atoms with Crippen molar-refractivity contribution in [2.45, 2.75) is 0 Å². The van der Waals surface area contributed by atoms with E-state index in [9.17, 15) is 4.79 Å². The van der Waals surface area contributed by atoms with Crippen LogP contribution < -0.4 is 4.57 Å². The van der Waals surface area contributed by atoms with Gasteiger partial charge in [-0.05, 0) is 11.5 Å². The third-order valence-electron chi connectivity index (χ3n) is 2.24. The van der Waals surface area contributed by atoms with Crippen molar-refractivity contribution in [1.29, 1.82) is 0 Å². The lowest BCUT2D eigenvalue weighted by Gasteiger charge is -1.96. The first-order valence-electron chi connectivity index (χ1n) is 4.55. The Hall–Kier alpha value is -2.16. The minimum atomic E-state index is 0.209. The number of carbonyl (C=O) groups is 1. The summed E-state index contributed by atoms with van der Waals surface area (Å²) in [5.41, 5.74) is 0.209. The van der Waals surface area contributed by atoms with E-state index in [-0.39, 0.29) is 5.70 Å². The number of nitrogens with zero attached hydrogens (tertiary/aromatic N) is 1. The van der Waals surface area contributed by atoms with E-state index in [1.807, 2.05) is 30.3 Å². The highest BCUT2D eigenvalue weighted by Crippen LogP contribution is 2.10. The molecule has 0 amide bonds. The van der Waals surface area contributed by atoms with E-state index in [2.05, 4.69) is 0 Å². The largest absolute Gasteiger partial charge is 0.509 e. The summed E-state index contributed by atoms with van der Waals surface area (Å²) >= 11 is 0. The molecule has 0 radical (unpaired) electrons. The van der Waals surface area contributed by atoms with E-state index >= 15 is 0 Å². The molecule has 0 aliphatic carbocycles. The zero-order valence-electron chi connectivity index (χ0n) is 8.00. The van der Waals surface area contributed by atoms with Gasteiger partial charge in [-0.3, -0.25) is 4.79 Å².